The predicted molar refractivity (Wildman–Crippen MR) is 5.75 cm³/mol. The first-order valence-corrected chi connectivity index (χ1v) is 0. The summed E-state index contributed by atoms with van der Waals surface area (Å²) in [5.74, 6) is 0. The van der Waals surface area contributed by atoms with Gasteiger partial charge < -0.3 is 0 Å². The van der Waals surface area contributed by atoms with Crippen LogP contribution in [0, 0.1) is 35.6 Å². The topological polar surface area (TPSA) is 0 Å². The number of rotatable bonds is 0. The fourth-order valence-electron chi connectivity index (χ4n) is 0. The molecule has 0 atom stereocenters. The Morgan fingerprint density at radius 1 is 1.00 bits per heavy atom. The Balaban J connectivity index is 0. The third kappa shape index (κ3) is 9.20. The van der Waals surface area contributed by atoms with Crippen LogP contribution >= 0.6 is 0 Å². The zero-order valence-electron chi connectivity index (χ0n) is 2.00. The maximum Gasteiger partial charge on any atom is 0 e. The van der Waals surface area contributed by atoms with E-state index < -0.39 is 0 Å². The molecule has 0 aromatic carbocycles. The van der Waals surface area contributed by atoms with E-state index in [1.54, 1.807) is 0 Å². The fraction of sp³-hybridized carbons (Fsp3) is 0. The summed E-state index contributed by atoms with van der Waals surface area (Å²) in [5.41, 5.74) is 0. The van der Waals surface area contributed by atoms with Crippen LogP contribution in [0.4, 0.5) is 0 Å². The van der Waals surface area contributed by atoms with Gasteiger partial charge in [0.25, 0.3) is 0 Å². The minimum atomic E-state index is 0. The summed E-state index contributed by atoms with van der Waals surface area (Å²) in [6, 6.07) is 0. The van der Waals surface area contributed by atoms with Crippen LogP contribution in [0.15, 0.2) is 0 Å². The van der Waals surface area contributed by atoms with E-state index in [0.29, 0.717) is 0 Å². The van der Waals surface area contributed by atoms with E-state index in [4.69, 9.17) is 0 Å². The van der Waals surface area contributed by atoms with Crippen LogP contribution in [0.2, 0.25) is 0 Å². The second kappa shape index (κ2) is 15.9. The van der Waals surface area contributed by atoms with Gasteiger partial charge in [-0.3, -0.25) is 0 Å². The van der Waals surface area contributed by atoms with Crippen molar-refractivity contribution in [1.29, 1.82) is 0 Å². The van der Waals surface area contributed by atoms with Crippen molar-refractivity contribution in [1.82, 2.24) is 0 Å². The largest absolute Gasteiger partial charge is 0 e. The molecule has 21 valence electrons. The van der Waals surface area contributed by atoms with Crippen molar-refractivity contribution in [2.24, 2.45) is 0 Å². The van der Waals surface area contributed by atoms with Crippen LogP contribution in [0.1, 0.15) is 0 Å². The summed E-state index contributed by atoms with van der Waals surface area (Å²) in [6.45, 7) is 0. The van der Waals surface area contributed by atoms with E-state index in [0.717, 1.165) is 0 Å². The predicted octanol–water partition coefficient (Wildman–Crippen LogP) is -0.386. The average molecular weight is 340 g/mol. The third-order valence-corrected chi connectivity index (χ3v) is 0. The molecule has 4 heteroatoms. The molecule has 0 aliphatic heterocycles. The minimum Gasteiger partial charge on any atom is 0 e. The first kappa shape index (κ1) is 25.2. The molecule has 0 aliphatic carbocycles. The van der Waals surface area contributed by atoms with Crippen LogP contribution in [-0.4, -0.2) is 45.5 Å². The van der Waals surface area contributed by atoms with Gasteiger partial charge in [-0.05, 0) is 0 Å². The molecule has 0 saturated carbocycles. The van der Waals surface area contributed by atoms with E-state index in [1.807, 2.05) is 0 Å². The van der Waals surface area contributed by atoms with Gasteiger partial charge in [-0.2, -0.15) is 0 Å². The molecule has 0 fully saturated rings. The van der Waals surface area contributed by atoms with Crippen molar-refractivity contribution < 1.29 is 69.4 Å². The van der Waals surface area contributed by atoms with Crippen molar-refractivity contribution in [3.8, 4) is 0 Å². The molecule has 0 aromatic heterocycles. The molecular formula is CoLaMnSr. The van der Waals surface area contributed by atoms with Gasteiger partial charge in [-0.1, -0.05) is 0 Å². The Bertz CT molecular complexity index is 8.00. The first-order chi connectivity index (χ1) is 0. The molecular weight excluding hydrogens is 340 g/mol. The summed E-state index contributed by atoms with van der Waals surface area (Å²) < 4.78 is 0. The van der Waals surface area contributed by atoms with Crippen molar-refractivity contribution >= 4 is 45.5 Å². The Morgan fingerprint density at radius 2 is 1.00 bits per heavy atom. The standard InChI is InChI=1S/Co.La.Mn.Sr. The van der Waals surface area contributed by atoms with E-state index in [9.17, 15) is 0 Å². The van der Waals surface area contributed by atoms with Gasteiger partial charge in [-0.25, -0.2) is 0 Å². The molecule has 0 rings (SSSR count). The van der Waals surface area contributed by atoms with Gasteiger partial charge in [0.05, 0.1) is 0 Å². The van der Waals surface area contributed by atoms with Crippen LogP contribution in [-0.2, 0) is 33.8 Å². The van der Waals surface area contributed by atoms with E-state index >= 15 is 0 Å². The van der Waals surface area contributed by atoms with E-state index in [-0.39, 0.29) is 115 Å². The van der Waals surface area contributed by atoms with Crippen molar-refractivity contribution in [3.63, 3.8) is 0 Å². The molecule has 0 saturated heterocycles. The van der Waals surface area contributed by atoms with Crippen molar-refractivity contribution in [2.45, 2.75) is 0 Å². The summed E-state index contributed by atoms with van der Waals surface area (Å²) in [7, 11) is 0. The van der Waals surface area contributed by atoms with Crippen LogP contribution in [0.3, 0.4) is 0 Å². The maximum absolute atomic E-state index is 0. The molecule has 0 heterocycles. The average Bonchev–Trinajstić information content (AvgIpc) is 0. The van der Waals surface area contributed by atoms with Crippen molar-refractivity contribution in [2.75, 3.05) is 0 Å². The quantitative estimate of drug-likeness (QED) is 0.527. The second-order valence-corrected chi connectivity index (χ2v) is 0. The number of hydrogen-bond donors (Lipinski definition) is 0. The monoisotopic (exact) mass is 341 g/mol. The minimum absolute atomic E-state index is 0. The van der Waals surface area contributed by atoms with Gasteiger partial charge in [0.2, 0.25) is 0 Å². The van der Waals surface area contributed by atoms with Crippen LogP contribution in [0.5, 0.6) is 0 Å². The van der Waals surface area contributed by atoms with Gasteiger partial charge in [-0.15, -0.1) is 0 Å². The third-order valence-electron chi connectivity index (χ3n) is 0. The van der Waals surface area contributed by atoms with Gasteiger partial charge in [0.15, 0.2) is 0 Å². The summed E-state index contributed by atoms with van der Waals surface area (Å²) in [6.07, 6.45) is 0. The Kier molecular flexibility index (Phi) is 100. The molecule has 0 nitrogen and oxygen atoms in total. The Morgan fingerprint density at radius 3 is 1.00 bits per heavy atom. The molecule has 0 aromatic rings. The Labute approximate surface area is 112 Å². The SMILES string of the molecule is [Co].[La].[Mn].[Sr]. The van der Waals surface area contributed by atoms with Gasteiger partial charge in [0.1, 0.15) is 0 Å². The fourth-order valence-corrected chi connectivity index (χ4v) is 0. The van der Waals surface area contributed by atoms with Crippen molar-refractivity contribution in [3.05, 3.63) is 0 Å². The molecule has 0 aliphatic rings. The maximum atomic E-state index is 0. The molecule has 0 N–H and O–H groups in total. The van der Waals surface area contributed by atoms with E-state index in [1.165, 1.54) is 0 Å². The molecule has 4 heavy (non-hydrogen) atoms. The first-order valence-electron chi connectivity index (χ1n) is 0. The molecule has 0 bridgehead atoms. The Hall–Kier alpha value is 3.70. The molecule has 0 spiro atoms. The zero-order chi connectivity index (χ0) is 0. The van der Waals surface area contributed by atoms with Crippen LogP contribution in [0.25, 0.3) is 0 Å². The normalized spacial score (nSPS) is 0. The second-order valence-electron chi connectivity index (χ2n) is 0. The molecule has 0 unspecified atom stereocenters. The zero-order valence-corrected chi connectivity index (χ0v) is 11.3. The summed E-state index contributed by atoms with van der Waals surface area (Å²) >= 11 is 0. The summed E-state index contributed by atoms with van der Waals surface area (Å²) in [5, 5.41) is 0. The molecule has 5 radical (unpaired) electrons. The van der Waals surface area contributed by atoms with E-state index in [2.05, 4.69) is 0 Å². The summed E-state index contributed by atoms with van der Waals surface area (Å²) in [4.78, 5) is 0. The smallest absolute Gasteiger partial charge is 0 e. The van der Waals surface area contributed by atoms with Gasteiger partial charge in [0, 0.05) is 115 Å². The van der Waals surface area contributed by atoms with Gasteiger partial charge >= 0.3 is 0 Å². The van der Waals surface area contributed by atoms with Crippen LogP contribution < -0.4 is 0 Å². The number of hydrogen-bond acceptors (Lipinski definition) is 0. The molecule has 0 amide bonds.